The van der Waals surface area contributed by atoms with Gasteiger partial charge in [0.2, 0.25) is 5.91 Å². The zero-order chi connectivity index (χ0) is 12.8. The van der Waals surface area contributed by atoms with Gasteiger partial charge in [0.05, 0.1) is 6.42 Å². The molecule has 0 aromatic heterocycles. The summed E-state index contributed by atoms with van der Waals surface area (Å²) in [5, 5.41) is 3.58. The minimum Gasteiger partial charge on any atom is -0.399 e. The molecule has 0 saturated carbocycles. The first-order valence-corrected chi connectivity index (χ1v) is 8.25. The third kappa shape index (κ3) is 4.46. The van der Waals surface area contributed by atoms with Gasteiger partial charge in [-0.1, -0.05) is 12.1 Å². The molecule has 0 spiro atoms. The molecule has 0 aliphatic carbocycles. The molecule has 1 aliphatic rings. The summed E-state index contributed by atoms with van der Waals surface area (Å²) in [4.78, 5) is 11.8. The number of anilines is 1. The maximum Gasteiger partial charge on any atom is 0.224 e. The number of carbonyl (C=O) groups excluding carboxylic acids is 1. The monoisotopic (exact) mass is 282 g/mol. The summed E-state index contributed by atoms with van der Waals surface area (Å²) in [6, 6.07) is 7.47. The number of nitrogen functional groups attached to an aromatic ring is 1. The van der Waals surface area contributed by atoms with E-state index in [-0.39, 0.29) is 5.91 Å². The largest absolute Gasteiger partial charge is 0.399 e. The maximum atomic E-state index is 11.8. The molecular weight excluding hydrogens is 264 g/mol. The summed E-state index contributed by atoms with van der Waals surface area (Å²) in [5.41, 5.74) is 7.35. The average Bonchev–Trinajstić information content (AvgIpc) is 2.40. The minimum absolute atomic E-state index is 0.0935. The van der Waals surface area contributed by atoms with Crippen molar-refractivity contribution >= 4 is 35.1 Å². The van der Waals surface area contributed by atoms with Gasteiger partial charge in [0, 0.05) is 34.7 Å². The molecule has 1 heterocycles. The molecule has 1 atom stereocenters. The molecule has 1 aromatic carbocycles. The number of nitrogens with one attached hydrogen (secondary N) is 1. The first kappa shape index (κ1) is 13.6. The van der Waals surface area contributed by atoms with Crippen LogP contribution < -0.4 is 11.1 Å². The summed E-state index contributed by atoms with van der Waals surface area (Å²) in [7, 11) is 0. The highest BCUT2D eigenvalue weighted by molar-refractivity contribution is 8.06. The quantitative estimate of drug-likeness (QED) is 0.827. The number of hydrogen-bond donors (Lipinski definition) is 2. The number of thioether (sulfide) groups is 2. The molecular formula is C13H18N2OS2. The molecule has 1 aliphatic heterocycles. The van der Waals surface area contributed by atoms with Crippen molar-refractivity contribution in [2.75, 3.05) is 29.5 Å². The zero-order valence-corrected chi connectivity index (χ0v) is 11.9. The molecule has 0 radical (unpaired) electrons. The van der Waals surface area contributed by atoms with E-state index >= 15 is 0 Å². The van der Waals surface area contributed by atoms with Gasteiger partial charge in [-0.05, 0) is 17.7 Å². The van der Waals surface area contributed by atoms with Crippen LogP contribution in [0.3, 0.4) is 0 Å². The Kier molecular flexibility index (Phi) is 5.26. The SMILES string of the molecule is Nc1ccc(CC(=O)NCC2CSCCS2)cc1. The molecule has 1 aromatic rings. The molecule has 1 amide bonds. The molecule has 98 valence electrons. The van der Waals surface area contributed by atoms with Crippen LogP contribution in [0.1, 0.15) is 5.56 Å². The van der Waals surface area contributed by atoms with Crippen molar-refractivity contribution in [3.05, 3.63) is 29.8 Å². The predicted molar refractivity (Wildman–Crippen MR) is 81.1 cm³/mol. The highest BCUT2D eigenvalue weighted by Crippen LogP contribution is 2.23. The Balaban J connectivity index is 1.73. The maximum absolute atomic E-state index is 11.8. The lowest BCUT2D eigenvalue weighted by atomic mass is 10.1. The number of amides is 1. The third-order valence-electron chi connectivity index (χ3n) is 2.76. The van der Waals surface area contributed by atoms with E-state index in [1.54, 1.807) is 0 Å². The van der Waals surface area contributed by atoms with Crippen LogP contribution in [0.5, 0.6) is 0 Å². The molecule has 3 nitrogen and oxygen atoms in total. The van der Waals surface area contributed by atoms with Crippen LogP contribution in [-0.2, 0) is 11.2 Å². The molecule has 1 unspecified atom stereocenters. The second-order valence-electron chi connectivity index (χ2n) is 4.29. The fourth-order valence-corrected chi connectivity index (χ4v) is 4.38. The van der Waals surface area contributed by atoms with E-state index in [0.29, 0.717) is 11.7 Å². The Hall–Kier alpha value is -0.810. The number of benzene rings is 1. The topological polar surface area (TPSA) is 55.1 Å². The van der Waals surface area contributed by atoms with Gasteiger partial charge in [-0.2, -0.15) is 23.5 Å². The van der Waals surface area contributed by atoms with Crippen LogP contribution in [-0.4, -0.2) is 35.0 Å². The molecule has 5 heteroatoms. The Morgan fingerprint density at radius 1 is 1.33 bits per heavy atom. The molecule has 1 fully saturated rings. The summed E-state index contributed by atoms with van der Waals surface area (Å²) in [6.45, 7) is 0.783. The lowest BCUT2D eigenvalue weighted by molar-refractivity contribution is -0.120. The van der Waals surface area contributed by atoms with Gasteiger partial charge in [-0.3, -0.25) is 4.79 Å². The van der Waals surface area contributed by atoms with E-state index in [9.17, 15) is 4.79 Å². The van der Waals surface area contributed by atoms with Gasteiger partial charge >= 0.3 is 0 Å². The van der Waals surface area contributed by atoms with Gasteiger partial charge in [0.15, 0.2) is 0 Å². The number of rotatable bonds is 4. The smallest absolute Gasteiger partial charge is 0.224 e. The van der Waals surface area contributed by atoms with E-state index in [2.05, 4.69) is 5.32 Å². The minimum atomic E-state index is 0.0935. The van der Waals surface area contributed by atoms with E-state index in [1.165, 1.54) is 11.5 Å². The number of nitrogens with two attached hydrogens (primary N) is 1. The van der Waals surface area contributed by atoms with Crippen molar-refractivity contribution < 1.29 is 4.79 Å². The summed E-state index contributed by atoms with van der Waals surface area (Å²) in [6.07, 6.45) is 0.435. The van der Waals surface area contributed by atoms with E-state index in [1.807, 2.05) is 47.8 Å². The second-order valence-corrected chi connectivity index (χ2v) is 6.85. The molecule has 1 saturated heterocycles. The summed E-state index contributed by atoms with van der Waals surface area (Å²) >= 11 is 3.94. The highest BCUT2D eigenvalue weighted by atomic mass is 32.2. The summed E-state index contributed by atoms with van der Waals surface area (Å²) < 4.78 is 0. The fourth-order valence-electron chi connectivity index (χ4n) is 1.77. The lowest BCUT2D eigenvalue weighted by Gasteiger charge is -2.21. The van der Waals surface area contributed by atoms with Crippen LogP contribution in [0.15, 0.2) is 24.3 Å². The fraction of sp³-hybridized carbons (Fsp3) is 0.462. The van der Waals surface area contributed by atoms with Gasteiger partial charge in [-0.15, -0.1) is 0 Å². The molecule has 3 N–H and O–H groups in total. The van der Waals surface area contributed by atoms with E-state index < -0.39 is 0 Å². The van der Waals surface area contributed by atoms with Crippen molar-refractivity contribution in [3.8, 4) is 0 Å². The van der Waals surface area contributed by atoms with E-state index in [4.69, 9.17) is 5.73 Å². The van der Waals surface area contributed by atoms with Gasteiger partial charge < -0.3 is 11.1 Å². The summed E-state index contributed by atoms with van der Waals surface area (Å²) in [5.74, 6) is 3.67. The lowest BCUT2D eigenvalue weighted by Crippen LogP contribution is -2.34. The van der Waals surface area contributed by atoms with Gasteiger partial charge in [0.1, 0.15) is 0 Å². The van der Waals surface area contributed by atoms with E-state index in [0.717, 1.165) is 23.5 Å². The van der Waals surface area contributed by atoms with Crippen molar-refractivity contribution in [2.45, 2.75) is 11.7 Å². The molecule has 18 heavy (non-hydrogen) atoms. The van der Waals surface area contributed by atoms with Crippen LogP contribution in [0, 0.1) is 0 Å². The van der Waals surface area contributed by atoms with Crippen LogP contribution in [0.25, 0.3) is 0 Å². The zero-order valence-electron chi connectivity index (χ0n) is 10.2. The number of carbonyl (C=O) groups is 1. The average molecular weight is 282 g/mol. The predicted octanol–water partition coefficient (Wildman–Crippen LogP) is 1.78. The van der Waals surface area contributed by atoms with Gasteiger partial charge in [-0.25, -0.2) is 0 Å². The molecule has 0 bridgehead atoms. The standard InChI is InChI=1S/C13H18N2OS2/c14-11-3-1-10(2-4-11)7-13(16)15-8-12-9-17-5-6-18-12/h1-4,12H,5-9,14H2,(H,15,16). The Labute approximate surface area is 116 Å². The third-order valence-corrected chi connectivity index (χ3v) is 5.60. The van der Waals surface area contributed by atoms with Crippen molar-refractivity contribution in [1.82, 2.24) is 5.32 Å². The van der Waals surface area contributed by atoms with Crippen molar-refractivity contribution in [2.24, 2.45) is 0 Å². The Morgan fingerprint density at radius 2 is 2.11 bits per heavy atom. The highest BCUT2D eigenvalue weighted by Gasteiger charge is 2.15. The van der Waals surface area contributed by atoms with Crippen molar-refractivity contribution in [1.29, 1.82) is 0 Å². The van der Waals surface area contributed by atoms with Crippen LogP contribution >= 0.6 is 23.5 Å². The van der Waals surface area contributed by atoms with Crippen molar-refractivity contribution in [3.63, 3.8) is 0 Å². The normalized spacial score (nSPS) is 19.4. The van der Waals surface area contributed by atoms with Crippen LogP contribution in [0.2, 0.25) is 0 Å². The second kappa shape index (κ2) is 6.95. The van der Waals surface area contributed by atoms with Crippen LogP contribution in [0.4, 0.5) is 5.69 Å². The van der Waals surface area contributed by atoms with Gasteiger partial charge in [0.25, 0.3) is 0 Å². The first-order valence-electron chi connectivity index (χ1n) is 6.04. The molecule has 2 rings (SSSR count). The Morgan fingerprint density at radius 3 is 2.78 bits per heavy atom. The first-order chi connectivity index (χ1) is 8.74. The number of hydrogen-bond acceptors (Lipinski definition) is 4. The Bertz CT molecular complexity index is 388.